The molecule has 0 aromatic heterocycles. The third kappa shape index (κ3) is 5.46. The SMILES string of the molecule is Cc1ccc(C(C)NC(=O)C2CCN(S(=O)(=O)Cc3ccccc3)CC2)cc1C. The van der Waals surface area contributed by atoms with Crippen LogP contribution in [0.15, 0.2) is 48.5 Å². The van der Waals surface area contributed by atoms with E-state index in [2.05, 4.69) is 31.3 Å². The molecule has 1 unspecified atom stereocenters. The predicted molar refractivity (Wildman–Crippen MR) is 116 cm³/mol. The number of carbonyl (C=O) groups is 1. The van der Waals surface area contributed by atoms with Crippen LogP contribution < -0.4 is 5.32 Å². The molecule has 1 saturated heterocycles. The van der Waals surface area contributed by atoms with Crippen LogP contribution in [0.2, 0.25) is 0 Å². The van der Waals surface area contributed by atoms with Gasteiger partial charge >= 0.3 is 0 Å². The monoisotopic (exact) mass is 414 g/mol. The van der Waals surface area contributed by atoms with Crippen LogP contribution in [-0.2, 0) is 20.6 Å². The van der Waals surface area contributed by atoms with Crippen LogP contribution in [0, 0.1) is 19.8 Å². The van der Waals surface area contributed by atoms with Gasteiger partial charge in [-0.1, -0.05) is 48.5 Å². The van der Waals surface area contributed by atoms with E-state index in [1.54, 1.807) is 0 Å². The number of aryl methyl sites for hydroxylation is 2. The number of rotatable bonds is 6. The topological polar surface area (TPSA) is 66.5 Å². The molecule has 156 valence electrons. The minimum absolute atomic E-state index is 0.00844. The van der Waals surface area contributed by atoms with Gasteiger partial charge in [0.1, 0.15) is 0 Å². The Morgan fingerprint density at radius 1 is 1.07 bits per heavy atom. The summed E-state index contributed by atoms with van der Waals surface area (Å²) in [7, 11) is -3.36. The highest BCUT2D eigenvalue weighted by Gasteiger charge is 2.31. The Balaban J connectivity index is 1.54. The van der Waals surface area contributed by atoms with E-state index in [1.807, 2.05) is 43.3 Å². The number of sulfonamides is 1. The molecule has 1 heterocycles. The summed E-state index contributed by atoms with van der Waals surface area (Å²) in [4.78, 5) is 12.7. The first-order valence-corrected chi connectivity index (χ1v) is 11.8. The van der Waals surface area contributed by atoms with Crippen molar-refractivity contribution in [2.75, 3.05) is 13.1 Å². The first-order valence-electron chi connectivity index (χ1n) is 10.2. The molecule has 1 fully saturated rings. The Bertz CT molecular complexity index is 949. The third-order valence-electron chi connectivity index (χ3n) is 5.80. The van der Waals surface area contributed by atoms with Gasteiger partial charge in [0.15, 0.2) is 0 Å². The largest absolute Gasteiger partial charge is 0.349 e. The number of piperidine rings is 1. The Morgan fingerprint density at radius 3 is 2.34 bits per heavy atom. The maximum Gasteiger partial charge on any atom is 0.223 e. The van der Waals surface area contributed by atoms with Gasteiger partial charge in [-0.3, -0.25) is 4.79 Å². The number of amides is 1. The van der Waals surface area contributed by atoms with Crippen molar-refractivity contribution >= 4 is 15.9 Å². The smallest absolute Gasteiger partial charge is 0.223 e. The number of hydrogen-bond acceptors (Lipinski definition) is 3. The van der Waals surface area contributed by atoms with Crippen LogP contribution in [0.25, 0.3) is 0 Å². The molecule has 5 nitrogen and oxygen atoms in total. The molecule has 1 aliphatic heterocycles. The van der Waals surface area contributed by atoms with Gasteiger partial charge < -0.3 is 5.32 Å². The summed E-state index contributed by atoms with van der Waals surface area (Å²) in [5, 5.41) is 3.10. The highest BCUT2D eigenvalue weighted by Crippen LogP contribution is 2.23. The number of hydrogen-bond donors (Lipinski definition) is 1. The van der Waals surface area contributed by atoms with Crippen molar-refractivity contribution in [1.29, 1.82) is 0 Å². The average molecular weight is 415 g/mol. The molecule has 0 bridgehead atoms. The van der Waals surface area contributed by atoms with Gasteiger partial charge in [-0.05, 0) is 55.9 Å². The summed E-state index contributed by atoms with van der Waals surface area (Å²) in [5.41, 5.74) is 4.32. The summed E-state index contributed by atoms with van der Waals surface area (Å²) in [5.74, 6) is -0.128. The molecule has 1 N–H and O–H groups in total. The standard InChI is InChI=1S/C23H30N2O3S/c1-17-9-10-22(15-18(17)2)19(3)24-23(26)21-11-13-25(14-12-21)29(27,28)16-20-7-5-4-6-8-20/h4-10,15,19,21H,11-14,16H2,1-3H3,(H,24,26). The van der Waals surface area contributed by atoms with E-state index in [1.165, 1.54) is 15.4 Å². The first kappa shape index (κ1) is 21.5. The quantitative estimate of drug-likeness (QED) is 0.783. The molecule has 0 saturated carbocycles. The van der Waals surface area contributed by atoms with Gasteiger partial charge in [-0.15, -0.1) is 0 Å². The second-order valence-electron chi connectivity index (χ2n) is 7.99. The maximum absolute atomic E-state index is 12.7. The van der Waals surface area contributed by atoms with Crippen LogP contribution in [0.4, 0.5) is 0 Å². The van der Waals surface area contributed by atoms with Gasteiger partial charge in [0.05, 0.1) is 11.8 Å². The van der Waals surface area contributed by atoms with Crippen molar-refractivity contribution in [3.63, 3.8) is 0 Å². The van der Waals surface area contributed by atoms with E-state index >= 15 is 0 Å². The third-order valence-corrected chi connectivity index (χ3v) is 7.65. The van der Waals surface area contributed by atoms with E-state index in [4.69, 9.17) is 0 Å². The van der Waals surface area contributed by atoms with Gasteiger partial charge in [0.2, 0.25) is 15.9 Å². The van der Waals surface area contributed by atoms with E-state index in [0.29, 0.717) is 25.9 Å². The lowest BCUT2D eigenvalue weighted by Crippen LogP contribution is -2.43. The minimum Gasteiger partial charge on any atom is -0.349 e. The molecule has 0 aliphatic carbocycles. The van der Waals surface area contributed by atoms with Crippen molar-refractivity contribution in [2.24, 2.45) is 5.92 Å². The number of nitrogens with zero attached hydrogens (tertiary/aromatic N) is 1. The molecule has 1 amide bonds. The summed E-state index contributed by atoms with van der Waals surface area (Å²) in [6, 6.07) is 15.4. The maximum atomic E-state index is 12.7. The van der Waals surface area contributed by atoms with Gasteiger partial charge in [-0.2, -0.15) is 0 Å². The zero-order valence-corrected chi connectivity index (χ0v) is 18.2. The van der Waals surface area contributed by atoms with Crippen LogP contribution in [-0.4, -0.2) is 31.7 Å². The van der Waals surface area contributed by atoms with Gasteiger partial charge in [-0.25, -0.2) is 12.7 Å². The van der Waals surface area contributed by atoms with Crippen LogP contribution >= 0.6 is 0 Å². The molecule has 0 spiro atoms. The lowest BCUT2D eigenvalue weighted by Gasteiger charge is -2.31. The van der Waals surface area contributed by atoms with E-state index in [9.17, 15) is 13.2 Å². The van der Waals surface area contributed by atoms with Crippen molar-refractivity contribution in [2.45, 2.75) is 45.4 Å². The molecular weight excluding hydrogens is 384 g/mol. The van der Waals surface area contributed by atoms with Crippen LogP contribution in [0.1, 0.15) is 48.1 Å². The van der Waals surface area contributed by atoms with E-state index in [-0.39, 0.29) is 23.6 Å². The number of carbonyl (C=O) groups excluding carboxylic acids is 1. The lowest BCUT2D eigenvalue weighted by molar-refractivity contribution is -0.126. The van der Waals surface area contributed by atoms with Gasteiger partial charge in [0.25, 0.3) is 0 Å². The van der Waals surface area contributed by atoms with Crippen LogP contribution in [0.3, 0.4) is 0 Å². The Hall–Kier alpha value is -2.18. The average Bonchev–Trinajstić information content (AvgIpc) is 2.70. The molecule has 1 aliphatic rings. The lowest BCUT2D eigenvalue weighted by atomic mass is 9.96. The minimum atomic E-state index is -3.36. The molecule has 6 heteroatoms. The summed E-state index contributed by atoms with van der Waals surface area (Å²) >= 11 is 0. The molecule has 1 atom stereocenters. The second-order valence-corrected chi connectivity index (χ2v) is 9.96. The first-order chi connectivity index (χ1) is 13.8. The summed E-state index contributed by atoms with van der Waals surface area (Å²) in [6.45, 7) is 6.92. The Kier molecular flexibility index (Phi) is 6.75. The normalized spacial score (nSPS) is 17.1. The predicted octanol–water partition coefficient (Wildman–Crippen LogP) is 3.72. The molecule has 3 rings (SSSR count). The molecule has 2 aromatic carbocycles. The second kappa shape index (κ2) is 9.09. The molecule has 29 heavy (non-hydrogen) atoms. The molecular formula is C23H30N2O3S. The van der Waals surface area contributed by atoms with E-state index < -0.39 is 10.0 Å². The fraction of sp³-hybridized carbons (Fsp3) is 0.435. The highest BCUT2D eigenvalue weighted by atomic mass is 32.2. The summed E-state index contributed by atoms with van der Waals surface area (Å²) < 4.78 is 26.9. The van der Waals surface area contributed by atoms with Crippen molar-refractivity contribution < 1.29 is 13.2 Å². The zero-order valence-electron chi connectivity index (χ0n) is 17.4. The van der Waals surface area contributed by atoms with Crippen molar-refractivity contribution in [1.82, 2.24) is 9.62 Å². The van der Waals surface area contributed by atoms with Crippen LogP contribution in [0.5, 0.6) is 0 Å². The molecule has 2 aromatic rings. The van der Waals surface area contributed by atoms with Crippen molar-refractivity contribution in [3.8, 4) is 0 Å². The summed E-state index contributed by atoms with van der Waals surface area (Å²) in [6.07, 6.45) is 1.11. The van der Waals surface area contributed by atoms with E-state index in [0.717, 1.165) is 11.1 Å². The van der Waals surface area contributed by atoms with Gasteiger partial charge in [0, 0.05) is 19.0 Å². The Morgan fingerprint density at radius 2 is 1.72 bits per heavy atom. The number of benzene rings is 2. The highest BCUT2D eigenvalue weighted by molar-refractivity contribution is 7.88. The zero-order chi connectivity index (χ0) is 21.0. The Labute approximate surface area is 174 Å². The van der Waals surface area contributed by atoms with Crippen molar-refractivity contribution in [3.05, 3.63) is 70.8 Å². The number of nitrogens with one attached hydrogen (secondary N) is 1. The molecule has 0 radical (unpaired) electrons. The fourth-order valence-corrected chi connectivity index (χ4v) is 5.28. The fourth-order valence-electron chi connectivity index (χ4n) is 3.72.